The molecule has 5 nitrogen and oxygen atoms in total. The highest BCUT2D eigenvalue weighted by Crippen LogP contribution is 2.32. The number of hydrogen-bond donors (Lipinski definition) is 0. The van der Waals surface area contributed by atoms with Crippen LogP contribution in [-0.2, 0) is 17.8 Å². The van der Waals surface area contributed by atoms with Crippen LogP contribution in [0.2, 0.25) is 5.02 Å². The Morgan fingerprint density at radius 2 is 2.14 bits per heavy atom. The molecule has 148 valence electrons. The van der Waals surface area contributed by atoms with Crippen LogP contribution in [0.4, 0.5) is 5.69 Å². The molecule has 1 atom stereocenters. The standard InChI is InChI=1S/C22H20ClN3O2S/c1-3-10-25-21(28)17-12-16(23)8-9-18(17)24-22(25)29-13-20(27)26-14(2)11-15-6-4-5-7-19(15)26/h3-9,12,14H,1,10-11,13H2,2H3. The maximum Gasteiger partial charge on any atom is 0.262 e. The van der Waals surface area contributed by atoms with Gasteiger partial charge in [-0.05, 0) is 43.2 Å². The molecule has 1 unspecified atom stereocenters. The third-order valence-electron chi connectivity index (χ3n) is 4.99. The van der Waals surface area contributed by atoms with E-state index in [4.69, 9.17) is 11.6 Å². The predicted octanol–water partition coefficient (Wildman–Crippen LogP) is 4.31. The van der Waals surface area contributed by atoms with Gasteiger partial charge in [0.25, 0.3) is 5.56 Å². The van der Waals surface area contributed by atoms with Gasteiger partial charge in [0, 0.05) is 23.3 Å². The summed E-state index contributed by atoms with van der Waals surface area (Å²) in [5.41, 5.74) is 2.53. The Hall–Kier alpha value is -2.57. The molecular weight excluding hydrogens is 406 g/mol. The highest BCUT2D eigenvalue weighted by Gasteiger charge is 2.30. The van der Waals surface area contributed by atoms with E-state index in [1.54, 1.807) is 24.3 Å². The average Bonchev–Trinajstić information content (AvgIpc) is 3.05. The first-order chi connectivity index (χ1) is 14.0. The molecule has 29 heavy (non-hydrogen) atoms. The van der Waals surface area contributed by atoms with E-state index in [-0.39, 0.29) is 23.3 Å². The van der Waals surface area contributed by atoms with Gasteiger partial charge >= 0.3 is 0 Å². The lowest BCUT2D eigenvalue weighted by atomic mass is 10.1. The summed E-state index contributed by atoms with van der Waals surface area (Å²) in [6, 6.07) is 13.1. The molecule has 0 saturated heterocycles. The van der Waals surface area contributed by atoms with Gasteiger partial charge in [0.2, 0.25) is 5.91 Å². The minimum Gasteiger partial charge on any atom is -0.308 e. The Labute approximate surface area is 178 Å². The lowest BCUT2D eigenvalue weighted by molar-refractivity contribution is -0.116. The molecule has 7 heteroatoms. The summed E-state index contributed by atoms with van der Waals surface area (Å²) in [6.07, 6.45) is 2.49. The molecule has 4 rings (SSSR count). The zero-order valence-electron chi connectivity index (χ0n) is 16.0. The third kappa shape index (κ3) is 3.70. The van der Waals surface area contributed by atoms with Gasteiger partial charge in [-0.25, -0.2) is 4.98 Å². The maximum absolute atomic E-state index is 13.0. The van der Waals surface area contributed by atoms with Crippen molar-refractivity contribution in [3.63, 3.8) is 0 Å². The lowest BCUT2D eigenvalue weighted by Gasteiger charge is -2.22. The molecule has 0 aliphatic carbocycles. The Balaban J connectivity index is 1.63. The summed E-state index contributed by atoms with van der Waals surface area (Å²) in [5.74, 6) is 0.199. The summed E-state index contributed by atoms with van der Waals surface area (Å²) in [7, 11) is 0. The first kappa shape index (κ1) is 19.7. The Morgan fingerprint density at radius 3 is 2.93 bits per heavy atom. The summed E-state index contributed by atoms with van der Waals surface area (Å²) in [4.78, 5) is 32.4. The number of amides is 1. The third-order valence-corrected chi connectivity index (χ3v) is 6.19. The number of halogens is 1. The van der Waals surface area contributed by atoms with Crippen LogP contribution >= 0.6 is 23.4 Å². The van der Waals surface area contributed by atoms with Crippen molar-refractivity contribution in [3.05, 3.63) is 76.1 Å². The summed E-state index contributed by atoms with van der Waals surface area (Å²) < 4.78 is 1.53. The fourth-order valence-electron chi connectivity index (χ4n) is 3.71. The SMILES string of the molecule is C=CCn1c(SCC(=O)N2c3ccccc3CC2C)nc2ccc(Cl)cc2c1=O. The van der Waals surface area contributed by atoms with Gasteiger partial charge in [0.15, 0.2) is 5.16 Å². The van der Waals surface area contributed by atoms with Crippen LogP contribution in [0, 0.1) is 0 Å². The number of carbonyl (C=O) groups is 1. The van der Waals surface area contributed by atoms with E-state index in [1.807, 2.05) is 30.0 Å². The average molecular weight is 426 g/mol. The van der Waals surface area contributed by atoms with E-state index in [9.17, 15) is 9.59 Å². The first-order valence-corrected chi connectivity index (χ1v) is 10.7. The molecule has 0 saturated carbocycles. The highest BCUT2D eigenvalue weighted by molar-refractivity contribution is 7.99. The van der Waals surface area contributed by atoms with Crippen LogP contribution in [0.1, 0.15) is 12.5 Å². The first-order valence-electron chi connectivity index (χ1n) is 9.33. The van der Waals surface area contributed by atoms with Crippen LogP contribution in [0.25, 0.3) is 10.9 Å². The molecule has 0 bridgehead atoms. The van der Waals surface area contributed by atoms with Gasteiger partial charge < -0.3 is 4.90 Å². The van der Waals surface area contributed by atoms with Gasteiger partial charge in [-0.3, -0.25) is 14.2 Å². The Bertz CT molecular complexity index is 1170. The van der Waals surface area contributed by atoms with Gasteiger partial charge in [0.1, 0.15) is 0 Å². The number of para-hydroxylation sites is 1. The predicted molar refractivity (Wildman–Crippen MR) is 119 cm³/mol. The number of hydrogen-bond acceptors (Lipinski definition) is 4. The van der Waals surface area contributed by atoms with E-state index in [1.165, 1.54) is 21.9 Å². The second-order valence-electron chi connectivity index (χ2n) is 6.99. The number of anilines is 1. The monoisotopic (exact) mass is 425 g/mol. The summed E-state index contributed by atoms with van der Waals surface area (Å²) in [5, 5.41) is 1.44. The molecular formula is C22H20ClN3O2S. The van der Waals surface area contributed by atoms with Gasteiger partial charge in [-0.2, -0.15) is 0 Å². The van der Waals surface area contributed by atoms with Gasteiger partial charge in [-0.1, -0.05) is 47.6 Å². The second kappa shape index (κ2) is 8.05. The van der Waals surface area contributed by atoms with Crippen LogP contribution < -0.4 is 10.5 Å². The van der Waals surface area contributed by atoms with E-state index in [2.05, 4.69) is 17.6 Å². The van der Waals surface area contributed by atoms with Crippen molar-refractivity contribution in [1.82, 2.24) is 9.55 Å². The van der Waals surface area contributed by atoms with Crippen LogP contribution in [-0.4, -0.2) is 27.3 Å². The maximum atomic E-state index is 13.0. The number of nitrogens with zero attached hydrogens (tertiary/aromatic N) is 3. The molecule has 1 aliphatic rings. The largest absolute Gasteiger partial charge is 0.308 e. The Morgan fingerprint density at radius 1 is 1.34 bits per heavy atom. The number of fused-ring (bicyclic) bond motifs is 2. The molecule has 2 aromatic carbocycles. The minimum atomic E-state index is -0.188. The van der Waals surface area contributed by atoms with Crippen LogP contribution in [0.3, 0.4) is 0 Å². The molecule has 3 aromatic rings. The van der Waals surface area contributed by atoms with Crippen molar-refractivity contribution in [2.45, 2.75) is 31.1 Å². The second-order valence-corrected chi connectivity index (χ2v) is 8.37. The molecule has 0 fully saturated rings. The lowest BCUT2D eigenvalue weighted by Crippen LogP contribution is -2.37. The van der Waals surface area contributed by atoms with Crippen molar-refractivity contribution in [3.8, 4) is 0 Å². The molecule has 1 aromatic heterocycles. The van der Waals surface area contributed by atoms with E-state index in [0.717, 1.165) is 12.1 Å². The quantitative estimate of drug-likeness (QED) is 0.347. The summed E-state index contributed by atoms with van der Waals surface area (Å²) in [6.45, 7) is 6.09. The van der Waals surface area contributed by atoms with Gasteiger partial charge in [-0.15, -0.1) is 6.58 Å². The molecule has 1 aliphatic heterocycles. The van der Waals surface area contributed by atoms with Crippen molar-refractivity contribution in [2.24, 2.45) is 0 Å². The summed E-state index contributed by atoms with van der Waals surface area (Å²) >= 11 is 7.31. The molecule has 0 radical (unpaired) electrons. The van der Waals surface area contributed by atoms with Crippen molar-refractivity contribution in [2.75, 3.05) is 10.7 Å². The zero-order chi connectivity index (χ0) is 20.5. The van der Waals surface area contributed by atoms with Crippen LogP contribution in [0.5, 0.6) is 0 Å². The highest BCUT2D eigenvalue weighted by atomic mass is 35.5. The molecule has 0 spiro atoms. The fraction of sp³-hybridized carbons (Fsp3) is 0.227. The van der Waals surface area contributed by atoms with Crippen molar-refractivity contribution >= 4 is 45.9 Å². The molecule has 1 amide bonds. The van der Waals surface area contributed by atoms with E-state index < -0.39 is 0 Å². The number of carbonyl (C=O) groups excluding carboxylic acids is 1. The van der Waals surface area contributed by atoms with E-state index in [0.29, 0.717) is 27.6 Å². The van der Waals surface area contributed by atoms with Gasteiger partial charge in [0.05, 0.1) is 16.7 Å². The molecule has 0 N–H and O–H groups in total. The normalized spacial score (nSPS) is 15.5. The number of benzene rings is 2. The topological polar surface area (TPSA) is 55.2 Å². The van der Waals surface area contributed by atoms with Crippen molar-refractivity contribution in [1.29, 1.82) is 0 Å². The smallest absolute Gasteiger partial charge is 0.262 e. The number of thioether (sulfide) groups is 1. The van der Waals surface area contributed by atoms with E-state index >= 15 is 0 Å². The minimum absolute atomic E-state index is 0.00283. The number of aromatic nitrogens is 2. The fourth-order valence-corrected chi connectivity index (χ4v) is 4.75. The Kier molecular flexibility index (Phi) is 5.48. The molecule has 2 heterocycles. The van der Waals surface area contributed by atoms with Crippen molar-refractivity contribution < 1.29 is 4.79 Å². The number of allylic oxidation sites excluding steroid dienone is 1. The van der Waals surface area contributed by atoms with Crippen LogP contribution in [0.15, 0.2) is 65.1 Å². The number of rotatable bonds is 5. The zero-order valence-corrected chi connectivity index (χ0v) is 17.5.